The van der Waals surface area contributed by atoms with Crippen LogP contribution in [-0.2, 0) is 38.0 Å². The summed E-state index contributed by atoms with van der Waals surface area (Å²) in [5.41, 5.74) is 2.00. The van der Waals surface area contributed by atoms with Crippen molar-refractivity contribution in [1.82, 2.24) is 15.0 Å². The van der Waals surface area contributed by atoms with E-state index in [9.17, 15) is 0 Å². The summed E-state index contributed by atoms with van der Waals surface area (Å²) in [6, 6.07) is 53.4. The van der Waals surface area contributed by atoms with Crippen molar-refractivity contribution in [3.8, 4) is 0 Å². The smallest absolute Gasteiger partial charge is 0.203 e. The molecule has 0 spiro atoms. The summed E-state index contributed by atoms with van der Waals surface area (Å²) < 4.78 is 14.2. The van der Waals surface area contributed by atoms with E-state index in [0.29, 0.717) is 19.6 Å². The molecule has 5 aromatic carbocycles. The van der Waals surface area contributed by atoms with Gasteiger partial charge in [0.15, 0.2) is 5.60 Å². The molecule has 0 bridgehead atoms. The molecular weight excluding hydrogens is 653 g/mol. The molecule has 8 heteroatoms. The number of nitrogens with zero attached hydrogens (tertiary/aromatic N) is 3. The third-order valence-electron chi connectivity index (χ3n) is 10.1. The molecule has 7 rings (SSSR count). The Balaban J connectivity index is 1.04. The Labute approximate surface area is 301 Å². The summed E-state index contributed by atoms with van der Waals surface area (Å²) in [5.74, 6) is -1.13. The van der Waals surface area contributed by atoms with E-state index in [4.69, 9.17) is 19.2 Å². The second-order valence-corrected chi connectivity index (χ2v) is 16.8. The van der Waals surface area contributed by atoms with Crippen LogP contribution in [0.5, 0.6) is 0 Å². The summed E-state index contributed by atoms with van der Waals surface area (Å²) in [6.07, 6.45) is 4.57. The molecule has 6 aromatic rings. The number of benzene rings is 5. The molecular formula is C43H45N3O4P+. The molecule has 51 heavy (non-hydrogen) atoms. The van der Waals surface area contributed by atoms with Crippen LogP contribution in [0.4, 0.5) is 0 Å². The number of aryl methyl sites for hydroxylation is 1. The first-order chi connectivity index (χ1) is 25.1. The number of hydrogen-bond acceptors (Lipinski definition) is 6. The summed E-state index contributed by atoms with van der Waals surface area (Å²) >= 11 is 0. The molecule has 1 aromatic heterocycles. The summed E-state index contributed by atoms with van der Waals surface area (Å²) in [6.45, 7) is 3.38. The van der Waals surface area contributed by atoms with Crippen LogP contribution >= 0.6 is 7.26 Å². The van der Waals surface area contributed by atoms with Crippen LogP contribution in [0.2, 0.25) is 0 Å². The Hall–Kier alpha value is -4.49. The van der Waals surface area contributed by atoms with E-state index in [0.717, 1.165) is 35.9 Å². The largest absolute Gasteiger partial charge is 0.375 e. The molecule has 1 saturated heterocycles. The number of aromatic nitrogens is 3. The fourth-order valence-electron chi connectivity index (χ4n) is 7.28. The molecule has 0 amide bonds. The van der Waals surface area contributed by atoms with E-state index in [1.165, 1.54) is 15.9 Å². The summed E-state index contributed by atoms with van der Waals surface area (Å²) in [7, 11) is -0.265. The highest BCUT2D eigenvalue weighted by Crippen LogP contribution is 2.56. The molecule has 0 saturated carbocycles. The van der Waals surface area contributed by atoms with Crippen molar-refractivity contribution in [3.05, 3.63) is 175 Å². The molecule has 2 atom stereocenters. The van der Waals surface area contributed by atoms with Crippen molar-refractivity contribution in [3.63, 3.8) is 0 Å². The van der Waals surface area contributed by atoms with E-state index < -0.39 is 18.7 Å². The van der Waals surface area contributed by atoms with Crippen LogP contribution in [0.25, 0.3) is 0 Å². The Morgan fingerprint density at radius 2 is 1.20 bits per heavy atom. The van der Waals surface area contributed by atoms with Gasteiger partial charge in [-0.3, -0.25) is 4.68 Å². The maximum absolute atomic E-state index is 6.34. The third-order valence-corrected chi connectivity index (χ3v) is 14.7. The lowest BCUT2D eigenvalue weighted by Gasteiger charge is -2.47. The second kappa shape index (κ2) is 15.8. The number of rotatable bonds is 14. The van der Waals surface area contributed by atoms with E-state index in [1.807, 2.05) is 54.2 Å². The summed E-state index contributed by atoms with van der Waals surface area (Å²) in [4.78, 5) is 12.4. The first-order valence-electron chi connectivity index (χ1n) is 17.6. The maximum atomic E-state index is 6.34. The molecule has 0 N–H and O–H groups in total. The predicted octanol–water partition coefficient (Wildman–Crippen LogP) is 7.45. The van der Waals surface area contributed by atoms with E-state index in [1.54, 1.807) is 7.11 Å². The first kappa shape index (κ1) is 34.9. The standard InChI is InChI=1S/C43H45N3O4P/c1-42(47-2)37(31-43(50-49-42,35-19-8-3-9-20-35)36-21-10-4-11-22-36)33-48-34-38-32-46(45-44-38)29-18-30-51(39-23-12-5-13-24-39,40-25-14-6-15-26-40)41-27-16-7-17-28-41/h3-17,19-28,32,37H,18,29-31,33-34H2,1-2H3/q+1/t37-,42-/m0/s1. The normalized spacial score (nSPS) is 18.7. The van der Waals surface area contributed by atoms with Crippen LogP contribution in [0.1, 0.15) is 36.6 Å². The minimum Gasteiger partial charge on any atom is -0.375 e. The Bertz CT molecular complexity index is 1810. The first-order valence-corrected chi connectivity index (χ1v) is 19.6. The van der Waals surface area contributed by atoms with Crippen molar-refractivity contribution in [1.29, 1.82) is 0 Å². The van der Waals surface area contributed by atoms with Crippen LogP contribution in [0.15, 0.2) is 158 Å². The molecule has 0 unspecified atom stereocenters. The van der Waals surface area contributed by atoms with Gasteiger partial charge in [-0.25, -0.2) is 4.89 Å². The van der Waals surface area contributed by atoms with Crippen LogP contribution in [-0.4, -0.2) is 40.7 Å². The molecule has 0 aliphatic carbocycles. The highest BCUT2D eigenvalue weighted by atomic mass is 31.2. The minimum atomic E-state index is -1.91. The SMILES string of the molecule is CO[C@@]1(C)OOC(c2ccccc2)(c2ccccc2)C[C@H]1COCc1cn(CCC[P+](c2ccccc2)(c2ccccc2)c2ccccc2)nn1. The van der Waals surface area contributed by atoms with Crippen LogP contribution in [0.3, 0.4) is 0 Å². The predicted molar refractivity (Wildman–Crippen MR) is 204 cm³/mol. The molecule has 0 radical (unpaired) electrons. The monoisotopic (exact) mass is 698 g/mol. The Morgan fingerprint density at radius 3 is 1.69 bits per heavy atom. The zero-order valence-electron chi connectivity index (χ0n) is 29.3. The van der Waals surface area contributed by atoms with Gasteiger partial charge in [0.1, 0.15) is 28.9 Å². The van der Waals surface area contributed by atoms with E-state index in [2.05, 4.69) is 126 Å². The van der Waals surface area contributed by atoms with Gasteiger partial charge >= 0.3 is 0 Å². The van der Waals surface area contributed by atoms with Gasteiger partial charge in [0, 0.05) is 26.0 Å². The average molecular weight is 699 g/mol. The van der Waals surface area contributed by atoms with Gasteiger partial charge in [-0.1, -0.05) is 120 Å². The van der Waals surface area contributed by atoms with Gasteiger partial charge < -0.3 is 9.47 Å². The van der Waals surface area contributed by atoms with Gasteiger partial charge in [0.05, 0.1) is 25.6 Å². The highest BCUT2D eigenvalue weighted by molar-refractivity contribution is 7.95. The van der Waals surface area contributed by atoms with Crippen LogP contribution in [0, 0.1) is 5.92 Å². The van der Waals surface area contributed by atoms with Crippen molar-refractivity contribution < 1.29 is 19.2 Å². The minimum absolute atomic E-state index is 0.141. The van der Waals surface area contributed by atoms with Gasteiger partial charge in [-0.2, -0.15) is 4.89 Å². The van der Waals surface area contributed by atoms with Gasteiger partial charge in [-0.05, 0) is 60.9 Å². The molecule has 2 heterocycles. The highest BCUT2D eigenvalue weighted by Gasteiger charge is 2.52. The molecule has 1 fully saturated rings. The zero-order valence-corrected chi connectivity index (χ0v) is 30.1. The van der Waals surface area contributed by atoms with Crippen molar-refractivity contribution >= 4 is 23.2 Å². The van der Waals surface area contributed by atoms with Gasteiger partial charge in [0.25, 0.3) is 0 Å². The van der Waals surface area contributed by atoms with Gasteiger partial charge in [-0.15, -0.1) is 5.10 Å². The Morgan fingerprint density at radius 1 is 0.706 bits per heavy atom. The maximum Gasteiger partial charge on any atom is 0.203 e. The fourth-order valence-corrected chi connectivity index (χ4v) is 11.6. The molecule has 1 aliphatic rings. The molecule has 7 nitrogen and oxygen atoms in total. The number of hydrogen-bond donors (Lipinski definition) is 0. The average Bonchev–Trinajstić information content (AvgIpc) is 3.66. The topological polar surface area (TPSA) is 67.6 Å². The number of ether oxygens (including phenoxy) is 2. The lowest BCUT2D eigenvalue weighted by molar-refractivity contribution is -0.498. The number of methoxy groups -OCH3 is 1. The molecule has 260 valence electrons. The van der Waals surface area contributed by atoms with Crippen LogP contribution < -0.4 is 15.9 Å². The van der Waals surface area contributed by atoms with E-state index in [-0.39, 0.29) is 5.92 Å². The van der Waals surface area contributed by atoms with Gasteiger partial charge in [0.2, 0.25) is 5.79 Å². The van der Waals surface area contributed by atoms with E-state index >= 15 is 0 Å². The Kier molecular flexibility index (Phi) is 10.8. The lowest BCUT2D eigenvalue weighted by atomic mass is 9.76. The quantitative estimate of drug-likeness (QED) is 0.0870. The van der Waals surface area contributed by atoms with Crippen molar-refractivity contribution in [2.75, 3.05) is 19.9 Å². The summed E-state index contributed by atoms with van der Waals surface area (Å²) in [5, 5.41) is 13.1. The molecule has 1 aliphatic heterocycles. The lowest BCUT2D eigenvalue weighted by Crippen LogP contribution is -2.53. The van der Waals surface area contributed by atoms with Crippen molar-refractivity contribution in [2.45, 2.75) is 44.3 Å². The fraction of sp³-hybridized carbons (Fsp3) is 0.256. The van der Waals surface area contributed by atoms with Crippen molar-refractivity contribution in [2.24, 2.45) is 5.92 Å². The third kappa shape index (κ3) is 7.32. The second-order valence-electron chi connectivity index (χ2n) is 13.2. The zero-order chi connectivity index (χ0) is 35.0.